The number of pyridine rings is 1. The lowest BCUT2D eigenvalue weighted by atomic mass is 10.1. The fourth-order valence-corrected chi connectivity index (χ4v) is 2.11. The molecule has 0 saturated heterocycles. The largest absolute Gasteiger partial charge is 1.00 e. The predicted molar refractivity (Wildman–Crippen MR) is 78.9 cm³/mol. The van der Waals surface area contributed by atoms with Gasteiger partial charge in [0.25, 0.3) is 0 Å². The van der Waals surface area contributed by atoms with E-state index in [1.807, 2.05) is 18.2 Å². The summed E-state index contributed by atoms with van der Waals surface area (Å²) in [6.07, 6.45) is 3.53. The van der Waals surface area contributed by atoms with Crippen LogP contribution in [-0.4, -0.2) is 4.98 Å². The molecular weight excluding hydrogens is 303 g/mol. The van der Waals surface area contributed by atoms with Gasteiger partial charge in [0.2, 0.25) is 0 Å². The Kier molecular flexibility index (Phi) is 5.69. The van der Waals surface area contributed by atoms with Crippen LogP contribution in [0, 0.1) is 5.82 Å². The van der Waals surface area contributed by atoms with Crippen LogP contribution in [0.3, 0.4) is 0 Å². The Bertz CT molecular complexity index is 715. The molecule has 1 aromatic carbocycles. The molecule has 0 atom stereocenters. The average Bonchev–Trinajstić information content (AvgIpc) is 2.97. The minimum absolute atomic E-state index is 0. The summed E-state index contributed by atoms with van der Waals surface area (Å²) < 4.78 is 19.4. The third kappa shape index (κ3) is 3.93. The molecule has 0 fully saturated rings. The smallest absolute Gasteiger partial charge is 0.137 e. The highest BCUT2D eigenvalue weighted by Crippen LogP contribution is 2.24. The van der Waals surface area contributed by atoms with Gasteiger partial charge in [-0.25, -0.2) is 4.39 Å². The van der Waals surface area contributed by atoms with E-state index >= 15 is 0 Å². The minimum atomic E-state index is -0.275. The molecule has 0 radical (unpaired) electrons. The van der Waals surface area contributed by atoms with Crippen LogP contribution in [-0.2, 0) is 13.1 Å². The van der Waals surface area contributed by atoms with Crippen LogP contribution in [0.1, 0.15) is 11.3 Å². The van der Waals surface area contributed by atoms with E-state index in [1.54, 1.807) is 36.7 Å². The summed E-state index contributed by atoms with van der Waals surface area (Å²) in [6.45, 7) is 1.33. The van der Waals surface area contributed by atoms with Crippen molar-refractivity contribution in [3.05, 3.63) is 78.1 Å². The lowest BCUT2D eigenvalue weighted by Gasteiger charge is -2.03. The van der Waals surface area contributed by atoms with Crippen LogP contribution < -0.4 is 17.7 Å². The van der Waals surface area contributed by atoms with Gasteiger partial charge in [-0.2, -0.15) is 0 Å². The summed E-state index contributed by atoms with van der Waals surface area (Å²) in [4.78, 5) is 3.97. The van der Waals surface area contributed by atoms with Crippen LogP contribution in [0.2, 0.25) is 0 Å². The molecule has 3 nitrogen and oxygen atoms in total. The van der Waals surface area contributed by atoms with Gasteiger partial charge in [0.1, 0.15) is 17.3 Å². The van der Waals surface area contributed by atoms with Crippen molar-refractivity contribution in [3.63, 3.8) is 0 Å². The highest BCUT2D eigenvalue weighted by molar-refractivity contribution is 5.58. The Morgan fingerprint density at radius 3 is 2.50 bits per heavy atom. The number of furan rings is 1. The van der Waals surface area contributed by atoms with Crippen LogP contribution in [0.15, 0.2) is 65.3 Å². The van der Waals surface area contributed by atoms with Crippen molar-refractivity contribution >= 4 is 0 Å². The minimum Gasteiger partial charge on any atom is -1.00 e. The number of aromatic nitrogens is 1. The number of halogens is 2. The molecule has 3 aromatic rings. The first kappa shape index (κ1) is 16.2. The third-order valence-electron chi connectivity index (χ3n) is 3.18. The first-order valence-corrected chi connectivity index (χ1v) is 6.76. The van der Waals surface area contributed by atoms with Gasteiger partial charge in [-0.15, -0.1) is 0 Å². The number of nitrogens with zero attached hydrogens (tertiary/aromatic N) is 1. The maximum Gasteiger partial charge on any atom is 0.137 e. The average molecular weight is 318 g/mol. The maximum absolute atomic E-state index is 13.7. The van der Waals surface area contributed by atoms with Crippen LogP contribution >= 0.6 is 0 Å². The van der Waals surface area contributed by atoms with Gasteiger partial charge in [0.15, 0.2) is 0 Å². The molecule has 0 aliphatic carbocycles. The number of nitrogens with one attached hydrogen (secondary N) is 1. The highest BCUT2D eigenvalue weighted by atomic mass is 35.5. The van der Waals surface area contributed by atoms with Gasteiger partial charge in [0, 0.05) is 18.9 Å². The Labute approximate surface area is 134 Å². The van der Waals surface area contributed by atoms with E-state index in [2.05, 4.69) is 10.3 Å². The third-order valence-corrected chi connectivity index (χ3v) is 3.18. The molecule has 0 spiro atoms. The van der Waals surface area contributed by atoms with Crippen molar-refractivity contribution in [1.29, 1.82) is 0 Å². The molecule has 2 heterocycles. The van der Waals surface area contributed by atoms with E-state index in [-0.39, 0.29) is 18.2 Å². The summed E-state index contributed by atoms with van der Waals surface area (Å²) in [5.41, 5.74) is 1.64. The number of rotatable bonds is 5. The van der Waals surface area contributed by atoms with Crippen molar-refractivity contribution in [1.82, 2.24) is 10.3 Å². The monoisotopic (exact) mass is 317 g/mol. The maximum atomic E-state index is 13.7. The Hall–Kier alpha value is -2.17. The number of benzene rings is 1. The van der Waals surface area contributed by atoms with E-state index < -0.39 is 0 Å². The lowest BCUT2D eigenvalue weighted by Crippen LogP contribution is -3.00. The Morgan fingerprint density at radius 2 is 1.73 bits per heavy atom. The normalized spacial score (nSPS) is 10.2. The second kappa shape index (κ2) is 7.73. The van der Waals surface area contributed by atoms with Crippen molar-refractivity contribution < 1.29 is 21.2 Å². The summed E-state index contributed by atoms with van der Waals surface area (Å²) >= 11 is 0. The van der Waals surface area contributed by atoms with E-state index in [0.717, 1.165) is 17.9 Å². The standard InChI is InChI=1S/C17H15FN2O.ClH/c18-16-4-2-1-3-15(16)17-6-5-14(21-17)12-20-11-13-7-9-19-10-8-13;/h1-10,20H,11-12H2;1H/p-1. The molecule has 5 heteroatoms. The Balaban J connectivity index is 0.00000176. The quantitative estimate of drug-likeness (QED) is 0.755. The molecule has 22 heavy (non-hydrogen) atoms. The topological polar surface area (TPSA) is 38.1 Å². The molecule has 0 saturated carbocycles. The van der Waals surface area contributed by atoms with Crippen molar-refractivity contribution in [2.24, 2.45) is 0 Å². The highest BCUT2D eigenvalue weighted by Gasteiger charge is 2.08. The number of hydrogen-bond acceptors (Lipinski definition) is 3. The van der Waals surface area contributed by atoms with Crippen LogP contribution in [0.25, 0.3) is 11.3 Å². The lowest BCUT2D eigenvalue weighted by molar-refractivity contribution is -0.00000547. The molecule has 0 amide bonds. The zero-order valence-electron chi connectivity index (χ0n) is 11.8. The zero-order chi connectivity index (χ0) is 14.5. The van der Waals surface area contributed by atoms with Gasteiger partial charge in [-0.3, -0.25) is 4.98 Å². The molecule has 0 aliphatic heterocycles. The van der Waals surface area contributed by atoms with E-state index in [9.17, 15) is 4.39 Å². The molecule has 114 valence electrons. The fraction of sp³-hybridized carbons (Fsp3) is 0.118. The summed E-state index contributed by atoms with van der Waals surface area (Å²) in [6, 6.07) is 14.2. The molecule has 3 rings (SSSR count). The molecular formula is C17H15ClFN2O-. The van der Waals surface area contributed by atoms with Crippen LogP contribution in [0.5, 0.6) is 0 Å². The van der Waals surface area contributed by atoms with Crippen molar-refractivity contribution in [2.45, 2.75) is 13.1 Å². The summed E-state index contributed by atoms with van der Waals surface area (Å²) in [5, 5.41) is 3.28. The van der Waals surface area contributed by atoms with Gasteiger partial charge >= 0.3 is 0 Å². The molecule has 0 unspecified atom stereocenters. The van der Waals surface area contributed by atoms with Gasteiger partial charge in [0.05, 0.1) is 12.1 Å². The van der Waals surface area contributed by atoms with Gasteiger partial charge in [-0.1, -0.05) is 12.1 Å². The zero-order valence-corrected chi connectivity index (χ0v) is 12.6. The predicted octanol–water partition coefficient (Wildman–Crippen LogP) is 0.774. The van der Waals surface area contributed by atoms with Crippen molar-refractivity contribution in [3.8, 4) is 11.3 Å². The molecule has 2 aromatic heterocycles. The first-order chi connectivity index (χ1) is 10.3. The Morgan fingerprint density at radius 1 is 0.955 bits per heavy atom. The SMILES string of the molecule is Fc1ccccc1-c1ccc(CNCc2ccncc2)o1.[Cl-]. The summed E-state index contributed by atoms with van der Waals surface area (Å²) in [5.74, 6) is 1.05. The second-order valence-electron chi connectivity index (χ2n) is 4.70. The summed E-state index contributed by atoms with van der Waals surface area (Å²) in [7, 11) is 0. The van der Waals surface area contributed by atoms with Gasteiger partial charge in [-0.05, 0) is 42.0 Å². The van der Waals surface area contributed by atoms with E-state index in [0.29, 0.717) is 17.9 Å². The number of hydrogen-bond donors (Lipinski definition) is 1. The van der Waals surface area contributed by atoms with E-state index in [4.69, 9.17) is 4.42 Å². The van der Waals surface area contributed by atoms with Crippen LogP contribution in [0.4, 0.5) is 4.39 Å². The molecule has 0 bridgehead atoms. The first-order valence-electron chi connectivity index (χ1n) is 6.76. The van der Waals surface area contributed by atoms with Crippen molar-refractivity contribution in [2.75, 3.05) is 0 Å². The second-order valence-corrected chi connectivity index (χ2v) is 4.70. The molecule has 1 N–H and O–H groups in total. The molecule has 0 aliphatic rings. The van der Waals surface area contributed by atoms with Gasteiger partial charge < -0.3 is 22.1 Å². The fourth-order valence-electron chi connectivity index (χ4n) is 2.11. The van der Waals surface area contributed by atoms with E-state index in [1.165, 1.54) is 6.07 Å².